The Balaban J connectivity index is 3.91. The minimum Gasteiger partial charge on any atom is -0.385 e. The van der Waals surface area contributed by atoms with Crippen LogP contribution >= 0.6 is 0 Å². The van der Waals surface area contributed by atoms with Crippen LogP contribution in [0.1, 0.15) is 26.7 Å². The predicted octanol–water partition coefficient (Wildman–Crippen LogP) is -0.0291. The maximum Gasteiger partial charge on any atom is 0.239 e. The molecule has 0 aromatic rings. The Morgan fingerprint density at radius 3 is 2.53 bits per heavy atom. The van der Waals surface area contributed by atoms with E-state index in [2.05, 4.69) is 5.32 Å². The molecule has 112 valence electrons. The number of hydrogen-bond donors (Lipinski definition) is 2. The molecule has 0 fully saturated rings. The Morgan fingerprint density at radius 1 is 1.37 bits per heavy atom. The van der Waals surface area contributed by atoms with Gasteiger partial charge in [0.05, 0.1) is 6.54 Å². The van der Waals surface area contributed by atoms with Crippen LogP contribution in [0.25, 0.3) is 0 Å². The summed E-state index contributed by atoms with van der Waals surface area (Å²) in [5.41, 5.74) is 5.84. The second kappa shape index (κ2) is 9.75. The fourth-order valence-corrected chi connectivity index (χ4v) is 1.40. The Hall–Kier alpha value is -1.14. The largest absolute Gasteiger partial charge is 0.385 e. The monoisotopic (exact) mass is 273 g/mol. The van der Waals surface area contributed by atoms with Crippen molar-refractivity contribution in [1.82, 2.24) is 10.2 Å². The number of methoxy groups -OCH3 is 1. The molecule has 19 heavy (non-hydrogen) atoms. The summed E-state index contributed by atoms with van der Waals surface area (Å²) in [5.74, 6) is -0.0152. The lowest BCUT2D eigenvalue weighted by atomic mass is 10.0. The Bertz CT molecular complexity index is 282. The highest BCUT2D eigenvalue weighted by atomic mass is 16.5. The second-order valence-corrected chi connectivity index (χ2v) is 5.06. The molecule has 0 aromatic heterocycles. The molecule has 0 aliphatic rings. The molecule has 0 bridgehead atoms. The van der Waals surface area contributed by atoms with Crippen molar-refractivity contribution in [1.29, 1.82) is 0 Å². The lowest BCUT2D eigenvalue weighted by molar-refractivity contribution is -0.135. The maximum absolute atomic E-state index is 11.8. The summed E-state index contributed by atoms with van der Waals surface area (Å²) >= 11 is 0. The number of amides is 2. The molecule has 0 rings (SSSR count). The molecule has 6 nitrogen and oxygen atoms in total. The number of nitrogens with one attached hydrogen (secondary N) is 1. The molecular weight excluding hydrogens is 246 g/mol. The molecule has 1 atom stereocenters. The van der Waals surface area contributed by atoms with Crippen molar-refractivity contribution in [3.63, 3.8) is 0 Å². The Labute approximate surface area is 115 Å². The van der Waals surface area contributed by atoms with E-state index in [-0.39, 0.29) is 36.7 Å². The molecule has 6 heteroatoms. The lowest BCUT2D eigenvalue weighted by Crippen LogP contribution is -2.41. The minimum absolute atomic E-state index is 0.0661. The van der Waals surface area contributed by atoms with Crippen LogP contribution < -0.4 is 11.1 Å². The zero-order valence-corrected chi connectivity index (χ0v) is 12.4. The first-order valence-electron chi connectivity index (χ1n) is 6.63. The van der Waals surface area contributed by atoms with Crippen molar-refractivity contribution in [2.75, 3.05) is 33.9 Å². The van der Waals surface area contributed by atoms with Crippen molar-refractivity contribution >= 4 is 11.8 Å². The first-order valence-corrected chi connectivity index (χ1v) is 6.63. The lowest BCUT2D eigenvalue weighted by Gasteiger charge is -2.21. The minimum atomic E-state index is -0.167. The molecule has 0 heterocycles. The van der Waals surface area contributed by atoms with E-state index in [1.165, 1.54) is 4.90 Å². The van der Waals surface area contributed by atoms with E-state index in [9.17, 15) is 9.59 Å². The summed E-state index contributed by atoms with van der Waals surface area (Å²) in [5, 5.41) is 2.74. The van der Waals surface area contributed by atoms with Gasteiger partial charge in [0.25, 0.3) is 0 Å². The standard InChI is InChI=1S/C13H27N3O3/c1-10(2)11(14)8-13(18)16(3)9-12(17)15-6-5-7-19-4/h10-11H,5-9,14H2,1-4H3,(H,15,17). The van der Waals surface area contributed by atoms with Crippen LogP contribution in [0.4, 0.5) is 0 Å². The molecular formula is C13H27N3O3. The van der Waals surface area contributed by atoms with Crippen LogP contribution in [0.15, 0.2) is 0 Å². The molecule has 0 spiro atoms. The van der Waals surface area contributed by atoms with Gasteiger partial charge in [-0.2, -0.15) is 0 Å². The van der Waals surface area contributed by atoms with E-state index in [0.29, 0.717) is 13.2 Å². The van der Waals surface area contributed by atoms with Crippen LogP contribution in [0.5, 0.6) is 0 Å². The fraction of sp³-hybridized carbons (Fsp3) is 0.846. The highest BCUT2D eigenvalue weighted by molar-refractivity contribution is 5.84. The van der Waals surface area contributed by atoms with E-state index in [4.69, 9.17) is 10.5 Å². The number of nitrogens with zero attached hydrogens (tertiary/aromatic N) is 1. The fourth-order valence-electron chi connectivity index (χ4n) is 1.40. The van der Waals surface area contributed by atoms with Gasteiger partial charge >= 0.3 is 0 Å². The summed E-state index contributed by atoms with van der Waals surface area (Å²) < 4.78 is 4.88. The second-order valence-electron chi connectivity index (χ2n) is 5.06. The number of nitrogens with two attached hydrogens (primary N) is 1. The summed E-state index contributed by atoms with van der Waals surface area (Å²) in [6.07, 6.45) is 1.03. The first kappa shape index (κ1) is 17.9. The zero-order valence-electron chi connectivity index (χ0n) is 12.4. The highest BCUT2D eigenvalue weighted by Crippen LogP contribution is 2.04. The van der Waals surface area contributed by atoms with Crippen molar-refractivity contribution in [3.8, 4) is 0 Å². The molecule has 2 amide bonds. The van der Waals surface area contributed by atoms with Gasteiger partial charge in [-0.3, -0.25) is 9.59 Å². The SMILES string of the molecule is COCCCNC(=O)CN(C)C(=O)CC(N)C(C)C. The predicted molar refractivity (Wildman–Crippen MR) is 74.6 cm³/mol. The third-order valence-electron chi connectivity index (χ3n) is 2.92. The van der Waals surface area contributed by atoms with E-state index < -0.39 is 0 Å². The van der Waals surface area contributed by atoms with E-state index in [1.54, 1.807) is 14.2 Å². The molecule has 0 aromatic carbocycles. The summed E-state index contributed by atoms with van der Waals surface area (Å²) in [6.45, 7) is 5.18. The third-order valence-corrected chi connectivity index (χ3v) is 2.92. The molecule has 0 saturated heterocycles. The van der Waals surface area contributed by atoms with Gasteiger partial charge in [0.15, 0.2) is 0 Å². The van der Waals surface area contributed by atoms with Gasteiger partial charge < -0.3 is 20.7 Å². The average Bonchev–Trinajstić information content (AvgIpc) is 2.34. The van der Waals surface area contributed by atoms with Crippen LogP contribution in [0.2, 0.25) is 0 Å². The number of rotatable bonds is 9. The zero-order chi connectivity index (χ0) is 14.8. The van der Waals surface area contributed by atoms with Gasteiger partial charge in [0, 0.05) is 39.8 Å². The van der Waals surface area contributed by atoms with Gasteiger partial charge in [-0.15, -0.1) is 0 Å². The number of carbonyl (C=O) groups excluding carboxylic acids is 2. The Kier molecular flexibility index (Phi) is 9.16. The number of ether oxygens (including phenoxy) is 1. The third kappa shape index (κ3) is 8.56. The van der Waals surface area contributed by atoms with Gasteiger partial charge in [-0.1, -0.05) is 13.8 Å². The average molecular weight is 273 g/mol. The van der Waals surface area contributed by atoms with Crippen LogP contribution in [0.3, 0.4) is 0 Å². The molecule has 3 N–H and O–H groups in total. The van der Waals surface area contributed by atoms with Crippen molar-refractivity contribution in [3.05, 3.63) is 0 Å². The van der Waals surface area contributed by atoms with Gasteiger partial charge in [-0.05, 0) is 12.3 Å². The maximum atomic E-state index is 11.8. The van der Waals surface area contributed by atoms with Gasteiger partial charge in [0.2, 0.25) is 11.8 Å². The molecule has 0 radical (unpaired) electrons. The quantitative estimate of drug-likeness (QED) is 0.578. The topological polar surface area (TPSA) is 84.7 Å². The van der Waals surface area contributed by atoms with E-state index >= 15 is 0 Å². The molecule has 0 aliphatic heterocycles. The Morgan fingerprint density at radius 2 is 2.00 bits per heavy atom. The van der Waals surface area contributed by atoms with Crippen molar-refractivity contribution in [2.24, 2.45) is 11.7 Å². The number of likely N-dealkylation sites (N-methyl/N-ethyl adjacent to an activating group) is 1. The number of hydrogen-bond acceptors (Lipinski definition) is 4. The van der Waals surface area contributed by atoms with Crippen LogP contribution in [-0.4, -0.2) is 56.6 Å². The molecule has 1 unspecified atom stereocenters. The highest BCUT2D eigenvalue weighted by Gasteiger charge is 2.17. The van der Waals surface area contributed by atoms with Gasteiger partial charge in [0.1, 0.15) is 0 Å². The van der Waals surface area contributed by atoms with Crippen LogP contribution in [0, 0.1) is 5.92 Å². The van der Waals surface area contributed by atoms with Gasteiger partial charge in [-0.25, -0.2) is 0 Å². The summed E-state index contributed by atoms with van der Waals surface area (Å²) in [6, 6.07) is -0.167. The molecule has 0 aliphatic carbocycles. The van der Waals surface area contributed by atoms with Crippen molar-refractivity contribution in [2.45, 2.75) is 32.7 Å². The first-order chi connectivity index (χ1) is 8.88. The summed E-state index contributed by atoms with van der Waals surface area (Å²) in [4.78, 5) is 24.8. The van der Waals surface area contributed by atoms with Crippen molar-refractivity contribution < 1.29 is 14.3 Å². The number of carbonyl (C=O) groups is 2. The summed E-state index contributed by atoms with van der Waals surface area (Å²) in [7, 11) is 3.23. The van der Waals surface area contributed by atoms with Crippen LogP contribution in [-0.2, 0) is 14.3 Å². The normalized spacial score (nSPS) is 12.3. The smallest absolute Gasteiger partial charge is 0.239 e. The van der Waals surface area contributed by atoms with E-state index in [1.807, 2.05) is 13.8 Å². The van der Waals surface area contributed by atoms with E-state index in [0.717, 1.165) is 6.42 Å². The molecule has 0 saturated carbocycles.